The van der Waals surface area contributed by atoms with E-state index in [0.29, 0.717) is 39.2 Å². The van der Waals surface area contributed by atoms with Gasteiger partial charge in [0.2, 0.25) is 0 Å². The number of nitrogens with zero attached hydrogens (tertiary/aromatic N) is 5. The summed E-state index contributed by atoms with van der Waals surface area (Å²) < 4.78 is 15.1. The molecule has 5 aromatic rings. The van der Waals surface area contributed by atoms with E-state index in [4.69, 9.17) is 28.3 Å². The van der Waals surface area contributed by atoms with E-state index in [2.05, 4.69) is 25.9 Å². The van der Waals surface area contributed by atoms with Gasteiger partial charge in [-0.2, -0.15) is 10.3 Å². The standard InChI is InChI=1S/C28H24Cl2FN7O/c1-28(2,16-17-7-13-20(31)14-8-17)32-27(39)25-21(15-24-33-36-37-34-24)26(18-9-11-19(29)12-10-18)38(35-25)23-6-4-3-5-22(23)30/h3-14H,15-16H2,1-2H3,(H,32,39)(H,33,34,36,37). The topological polar surface area (TPSA) is 101 Å². The minimum absolute atomic E-state index is 0.181. The highest BCUT2D eigenvalue weighted by Crippen LogP contribution is 2.34. The molecule has 0 spiro atoms. The van der Waals surface area contributed by atoms with Crippen molar-refractivity contribution in [2.45, 2.75) is 32.2 Å². The van der Waals surface area contributed by atoms with Crippen LogP contribution < -0.4 is 5.32 Å². The van der Waals surface area contributed by atoms with Crippen molar-refractivity contribution in [2.24, 2.45) is 0 Å². The van der Waals surface area contributed by atoms with Gasteiger partial charge in [0.1, 0.15) is 5.82 Å². The van der Waals surface area contributed by atoms with Gasteiger partial charge in [-0.05, 0) is 62.2 Å². The molecular formula is C28H24Cl2FN7O. The van der Waals surface area contributed by atoms with Gasteiger partial charge in [0.05, 0.1) is 16.4 Å². The monoisotopic (exact) mass is 563 g/mol. The SMILES string of the molecule is CC(C)(Cc1ccc(F)cc1)NC(=O)c1nn(-c2ccccc2Cl)c(-c2ccc(Cl)cc2)c1Cc1nn[nH]n1. The molecule has 0 aliphatic rings. The van der Waals surface area contributed by atoms with Crippen molar-refractivity contribution in [2.75, 3.05) is 0 Å². The lowest BCUT2D eigenvalue weighted by Gasteiger charge is -2.26. The van der Waals surface area contributed by atoms with Gasteiger partial charge < -0.3 is 5.32 Å². The Kier molecular flexibility index (Phi) is 7.45. The third-order valence-electron chi connectivity index (χ3n) is 6.13. The summed E-state index contributed by atoms with van der Waals surface area (Å²) in [6, 6.07) is 20.7. The molecule has 8 nitrogen and oxygen atoms in total. The summed E-state index contributed by atoms with van der Waals surface area (Å²) in [7, 11) is 0. The minimum Gasteiger partial charge on any atom is -0.345 e. The molecule has 0 saturated carbocycles. The van der Waals surface area contributed by atoms with Gasteiger partial charge in [-0.25, -0.2) is 9.07 Å². The number of hydrogen-bond donors (Lipinski definition) is 2. The second-order valence-electron chi connectivity index (χ2n) is 9.69. The molecule has 0 aliphatic heterocycles. The van der Waals surface area contributed by atoms with Crippen LogP contribution in [0.3, 0.4) is 0 Å². The van der Waals surface area contributed by atoms with E-state index in [1.807, 2.05) is 44.2 Å². The van der Waals surface area contributed by atoms with Crippen molar-refractivity contribution in [3.63, 3.8) is 0 Å². The van der Waals surface area contributed by atoms with E-state index < -0.39 is 5.54 Å². The Morgan fingerprint density at radius 3 is 2.41 bits per heavy atom. The molecule has 0 fully saturated rings. The van der Waals surface area contributed by atoms with Crippen molar-refractivity contribution in [1.29, 1.82) is 0 Å². The molecule has 0 radical (unpaired) electrons. The zero-order chi connectivity index (χ0) is 27.6. The van der Waals surface area contributed by atoms with E-state index in [9.17, 15) is 9.18 Å². The highest BCUT2D eigenvalue weighted by Gasteiger charge is 2.30. The predicted octanol–water partition coefficient (Wildman–Crippen LogP) is 5.84. The summed E-state index contributed by atoms with van der Waals surface area (Å²) in [6.07, 6.45) is 0.661. The molecule has 3 aromatic carbocycles. The Morgan fingerprint density at radius 2 is 1.74 bits per heavy atom. The Labute approximate surface area is 234 Å². The number of para-hydroxylation sites is 1. The van der Waals surface area contributed by atoms with Gasteiger partial charge in [-0.15, -0.1) is 10.2 Å². The number of nitrogens with one attached hydrogen (secondary N) is 2. The van der Waals surface area contributed by atoms with Crippen molar-refractivity contribution < 1.29 is 9.18 Å². The maximum atomic E-state index is 13.9. The Morgan fingerprint density at radius 1 is 1.03 bits per heavy atom. The molecule has 198 valence electrons. The molecule has 0 unspecified atom stereocenters. The first-order chi connectivity index (χ1) is 18.7. The number of rotatable bonds is 8. The molecule has 2 heterocycles. The van der Waals surface area contributed by atoms with Crippen LogP contribution >= 0.6 is 23.2 Å². The lowest BCUT2D eigenvalue weighted by Crippen LogP contribution is -2.45. The van der Waals surface area contributed by atoms with E-state index >= 15 is 0 Å². The Bertz CT molecular complexity index is 1600. The van der Waals surface area contributed by atoms with Crippen LogP contribution in [-0.4, -0.2) is 41.9 Å². The van der Waals surface area contributed by atoms with E-state index in [0.717, 1.165) is 11.1 Å². The van der Waals surface area contributed by atoms with Crippen LogP contribution in [0.25, 0.3) is 16.9 Å². The van der Waals surface area contributed by atoms with Gasteiger partial charge in [0.15, 0.2) is 11.5 Å². The molecule has 0 atom stereocenters. The van der Waals surface area contributed by atoms with Gasteiger partial charge in [0, 0.05) is 28.1 Å². The number of aromatic nitrogens is 6. The van der Waals surface area contributed by atoms with Crippen molar-refractivity contribution in [3.8, 4) is 16.9 Å². The number of tetrazole rings is 1. The summed E-state index contributed by atoms with van der Waals surface area (Å²) in [5.74, 6) is -0.309. The summed E-state index contributed by atoms with van der Waals surface area (Å²) in [5.41, 5.74) is 3.01. The van der Waals surface area contributed by atoms with Crippen molar-refractivity contribution in [1.82, 2.24) is 35.7 Å². The normalized spacial score (nSPS) is 11.5. The van der Waals surface area contributed by atoms with Crippen LogP contribution in [0.2, 0.25) is 10.0 Å². The number of halogens is 3. The minimum atomic E-state index is -0.674. The summed E-state index contributed by atoms with van der Waals surface area (Å²) in [5, 5.41) is 23.2. The molecule has 39 heavy (non-hydrogen) atoms. The van der Waals surface area contributed by atoms with Gasteiger partial charge in [-0.3, -0.25) is 4.79 Å². The third kappa shape index (κ3) is 6.00. The Hall–Kier alpha value is -4.08. The lowest BCUT2D eigenvalue weighted by atomic mass is 9.94. The molecule has 0 aliphatic carbocycles. The van der Waals surface area contributed by atoms with E-state index in [-0.39, 0.29) is 23.8 Å². The second-order valence-corrected chi connectivity index (χ2v) is 10.5. The fraction of sp³-hybridized carbons (Fsp3) is 0.179. The maximum Gasteiger partial charge on any atom is 0.272 e. The summed E-state index contributed by atoms with van der Waals surface area (Å²) in [4.78, 5) is 13.9. The van der Waals surface area contributed by atoms with Crippen LogP contribution in [0.15, 0.2) is 72.8 Å². The first-order valence-corrected chi connectivity index (χ1v) is 12.9. The fourth-order valence-electron chi connectivity index (χ4n) is 4.44. The number of hydrogen-bond acceptors (Lipinski definition) is 5. The van der Waals surface area contributed by atoms with E-state index in [1.54, 1.807) is 35.0 Å². The number of amides is 1. The third-order valence-corrected chi connectivity index (χ3v) is 6.70. The largest absolute Gasteiger partial charge is 0.345 e. The van der Waals surface area contributed by atoms with Crippen LogP contribution in [-0.2, 0) is 12.8 Å². The predicted molar refractivity (Wildman–Crippen MR) is 148 cm³/mol. The van der Waals surface area contributed by atoms with Crippen LogP contribution in [0.5, 0.6) is 0 Å². The molecule has 0 bridgehead atoms. The van der Waals surface area contributed by atoms with Crippen LogP contribution in [0.4, 0.5) is 4.39 Å². The van der Waals surface area contributed by atoms with Crippen LogP contribution in [0.1, 0.15) is 41.3 Å². The summed E-state index contributed by atoms with van der Waals surface area (Å²) in [6.45, 7) is 3.80. The lowest BCUT2D eigenvalue weighted by molar-refractivity contribution is 0.0906. The fourth-order valence-corrected chi connectivity index (χ4v) is 4.78. The van der Waals surface area contributed by atoms with E-state index in [1.165, 1.54) is 12.1 Å². The molecule has 1 amide bonds. The van der Waals surface area contributed by atoms with Gasteiger partial charge >= 0.3 is 0 Å². The first-order valence-electron chi connectivity index (χ1n) is 12.1. The number of H-pyrrole nitrogens is 1. The molecular weight excluding hydrogens is 540 g/mol. The average Bonchev–Trinajstić information content (AvgIpc) is 3.54. The van der Waals surface area contributed by atoms with Crippen molar-refractivity contribution in [3.05, 3.63) is 111 Å². The molecule has 2 aromatic heterocycles. The summed E-state index contributed by atoms with van der Waals surface area (Å²) >= 11 is 12.8. The molecule has 0 saturated heterocycles. The quantitative estimate of drug-likeness (QED) is 0.247. The van der Waals surface area contributed by atoms with Crippen LogP contribution in [0, 0.1) is 5.82 Å². The molecule has 11 heteroatoms. The number of carbonyl (C=O) groups is 1. The zero-order valence-corrected chi connectivity index (χ0v) is 22.6. The first kappa shape index (κ1) is 26.5. The van der Waals surface area contributed by atoms with Gasteiger partial charge in [-0.1, -0.05) is 64.8 Å². The molecule has 5 rings (SSSR count). The maximum absolute atomic E-state index is 13.9. The average molecular weight is 564 g/mol. The smallest absolute Gasteiger partial charge is 0.272 e. The Balaban J connectivity index is 1.62. The number of carbonyl (C=O) groups excluding carboxylic acids is 1. The highest BCUT2D eigenvalue weighted by molar-refractivity contribution is 6.32. The van der Waals surface area contributed by atoms with Gasteiger partial charge in [0.25, 0.3) is 5.91 Å². The number of aromatic amines is 1. The second kappa shape index (κ2) is 11.0. The van der Waals surface area contributed by atoms with Crippen molar-refractivity contribution >= 4 is 29.1 Å². The highest BCUT2D eigenvalue weighted by atomic mass is 35.5. The molecule has 2 N–H and O–H groups in total. The zero-order valence-electron chi connectivity index (χ0n) is 21.1. The number of benzene rings is 3.